The van der Waals surface area contributed by atoms with Crippen molar-refractivity contribution >= 4 is 11.9 Å². The van der Waals surface area contributed by atoms with Crippen molar-refractivity contribution in [2.75, 3.05) is 0 Å². The van der Waals surface area contributed by atoms with Crippen molar-refractivity contribution in [2.24, 2.45) is 0 Å². The van der Waals surface area contributed by atoms with Crippen LogP contribution in [0.5, 0.6) is 0 Å². The summed E-state index contributed by atoms with van der Waals surface area (Å²) in [5, 5.41) is 11.7. The summed E-state index contributed by atoms with van der Waals surface area (Å²) in [7, 11) is 0. The zero-order valence-corrected chi connectivity index (χ0v) is 15.7. The summed E-state index contributed by atoms with van der Waals surface area (Å²) >= 11 is 0. The Labute approximate surface area is 171 Å². The van der Waals surface area contributed by atoms with Gasteiger partial charge in [0, 0.05) is 6.42 Å². The lowest BCUT2D eigenvalue weighted by Crippen LogP contribution is -2.42. The van der Waals surface area contributed by atoms with E-state index in [2.05, 4.69) is 5.32 Å². The third kappa shape index (κ3) is 5.05. The van der Waals surface area contributed by atoms with Gasteiger partial charge in [-0.3, -0.25) is 4.79 Å². The normalized spacial score (nSPS) is 12.2. The van der Waals surface area contributed by atoms with Gasteiger partial charge in [0.25, 0.3) is 5.91 Å². The number of aliphatic carboxylic acids is 1. The van der Waals surface area contributed by atoms with E-state index in [4.69, 9.17) is 0 Å². The molecule has 7 heteroatoms. The van der Waals surface area contributed by atoms with Crippen molar-refractivity contribution in [1.82, 2.24) is 5.32 Å². The van der Waals surface area contributed by atoms with Gasteiger partial charge in [0.05, 0.1) is 11.1 Å². The minimum absolute atomic E-state index is 0.0652. The summed E-state index contributed by atoms with van der Waals surface area (Å²) in [6.45, 7) is 0. The zero-order valence-electron chi connectivity index (χ0n) is 15.7. The number of halogens is 3. The van der Waals surface area contributed by atoms with Crippen molar-refractivity contribution in [2.45, 2.75) is 18.6 Å². The van der Waals surface area contributed by atoms with E-state index < -0.39 is 35.2 Å². The molecule has 154 valence electrons. The Bertz CT molecular complexity index is 1030. The molecule has 0 saturated heterocycles. The standard InChI is InChI=1S/C23H18F3NO3/c24-23(25,26)19-9-5-4-8-18(19)21(28)27-20(22(29)30)14-15-10-12-17(13-11-15)16-6-2-1-3-7-16/h1-13,20H,14H2,(H,27,28)(H,29,30)/t20-/m0/s1. The number of carboxylic acids is 1. The molecular formula is C23H18F3NO3. The number of alkyl halides is 3. The van der Waals surface area contributed by atoms with Crippen LogP contribution >= 0.6 is 0 Å². The first kappa shape index (κ1) is 21.1. The molecule has 0 heterocycles. The van der Waals surface area contributed by atoms with Crippen LogP contribution in [0, 0.1) is 0 Å². The summed E-state index contributed by atoms with van der Waals surface area (Å²) in [6.07, 6.45) is -4.79. The molecule has 3 aromatic carbocycles. The zero-order chi connectivity index (χ0) is 21.7. The molecule has 3 aromatic rings. The lowest BCUT2D eigenvalue weighted by atomic mass is 10.00. The van der Waals surface area contributed by atoms with Crippen molar-refractivity contribution in [3.8, 4) is 11.1 Å². The second kappa shape index (κ2) is 8.82. The number of carbonyl (C=O) groups is 2. The molecule has 0 radical (unpaired) electrons. The lowest BCUT2D eigenvalue weighted by Gasteiger charge is -2.17. The summed E-state index contributed by atoms with van der Waals surface area (Å²) in [5.74, 6) is -2.42. The maximum Gasteiger partial charge on any atom is 0.417 e. The Hall–Kier alpha value is -3.61. The number of amides is 1. The summed E-state index contributed by atoms with van der Waals surface area (Å²) in [6, 6.07) is 19.6. The van der Waals surface area contributed by atoms with Gasteiger partial charge in [-0.05, 0) is 28.8 Å². The molecule has 1 amide bonds. The van der Waals surface area contributed by atoms with E-state index in [-0.39, 0.29) is 6.42 Å². The highest BCUT2D eigenvalue weighted by Crippen LogP contribution is 2.31. The third-order valence-corrected chi connectivity index (χ3v) is 4.58. The van der Waals surface area contributed by atoms with Gasteiger partial charge in [0.15, 0.2) is 0 Å². The molecule has 0 aromatic heterocycles. The Morgan fingerprint density at radius 1 is 0.833 bits per heavy atom. The summed E-state index contributed by atoms with van der Waals surface area (Å²) in [5.41, 5.74) is 0.839. The molecule has 0 saturated carbocycles. The fraction of sp³-hybridized carbons (Fsp3) is 0.130. The fourth-order valence-electron chi connectivity index (χ4n) is 3.06. The smallest absolute Gasteiger partial charge is 0.417 e. The third-order valence-electron chi connectivity index (χ3n) is 4.58. The van der Waals surface area contributed by atoms with Crippen LogP contribution < -0.4 is 5.32 Å². The molecule has 0 aliphatic carbocycles. The predicted octanol–water partition coefficient (Wildman–Crippen LogP) is 4.80. The number of carbonyl (C=O) groups excluding carboxylic acids is 1. The van der Waals surface area contributed by atoms with Crippen molar-refractivity contribution in [3.05, 3.63) is 95.6 Å². The van der Waals surface area contributed by atoms with Crippen molar-refractivity contribution in [3.63, 3.8) is 0 Å². The van der Waals surface area contributed by atoms with Gasteiger partial charge in [0.2, 0.25) is 0 Å². The molecule has 4 nitrogen and oxygen atoms in total. The highest BCUT2D eigenvalue weighted by atomic mass is 19.4. The van der Waals surface area contributed by atoms with Crippen LogP contribution in [0.4, 0.5) is 13.2 Å². The maximum absolute atomic E-state index is 13.1. The first-order chi connectivity index (χ1) is 14.3. The first-order valence-electron chi connectivity index (χ1n) is 9.10. The molecule has 0 aliphatic heterocycles. The van der Waals surface area contributed by atoms with E-state index in [9.17, 15) is 27.9 Å². The molecule has 0 unspecified atom stereocenters. The second-order valence-electron chi connectivity index (χ2n) is 6.67. The van der Waals surface area contributed by atoms with E-state index >= 15 is 0 Å². The van der Waals surface area contributed by atoms with E-state index in [0.717, 1.165) is 23.3 Å². The van der Waals surface area contributed by atoms with E-state index in [1.54, 1.807) is 12.1 Å². The largest absolute Gasteiger partial charge is 0.480 e. The molecule has 1 atom stereocenters. The van der Waals surface area contributed by atoms with Gasteiger partial charge in [-0.15, -0.1) is 0 Å². The number of nitrogens with one attached hydrogen (secondary N) is 1. The van der Waals surface area contributed by atoms with Crippen LogP contribution in [-0.2, 0) is 17.4 Å². The van der Waals surface area contributed by atoms with Crippen LogP contribution in [-0.4, -0.2) is 23.0 Å². The van der Waals surface area contributed by atoms with Crippen LogP contribution in [0.15, 0.2) is 78.9 Å². The average molecular weight is 413 g/mol. The molecule has 3 rings (SSSR count). The maximum atomic E-state index is 13.1. The van der Waals surface area contributed by atoms with Gasteiger partial charge in [-0.25, -0.2) is 4.79 Å². The van der Waals surface area contributed by atoms with Crippen LogP contribution in [0.2, 0.25) is 0 Å². The Balaban J connectivity index is 1.76. The first-order valence-corrected chi connectivity index (χ1v) is 9.10. The average Bonchev–Trinajstić information content (AvgIpc) is 2.73. The van der Waals surface area contributed by atoms with E-state index in [1.165, 1.54) is 12.1 Å². The lowest BCUT2D eigenvalue weighted by molar-refractivity contribution is -0.139. The Kier molecular flexibility index (Phi) is 6.20. The van der Waals surface area contributed by atoms with Gasteiger partial charge in [-0.2, -0.15) is 13.2 Å². The summed E-state index contributed by atoms with van der Waals surface area (Å²) in [4.78, 5) is 24.0. The van der Waals surface area contributed by atoms with Gasteiger partial charge in [0.1, 0.15) is 6.04 Å². The number of hydrogen-bond acceptors (Lipinski definition) is 2. The van der Waals surface area contributed by atoms with Crippen LogP contribution in [0.25, 0.3) is 11.1 Å². The van der Waals surface area contributed by atoms with Crippen LogP contribution in [0.3, 0.4) is 0 Å². The van der Waals surface area contributed by atoms with Crippen LogP contribution in [0.1, 0.15) is 21.5 Å². The quantitative estimate of drug-likeness (QED) is 0.610. The minimum atomic E-state index is -4.72. The Morgan fingerprint density at radius 2 is 1.40 bits per heavy atom. The number of benzene rings is 3. The molecule has 0 aliphatic rings. The molecule has 0 bridgehead atoms. The highest BCUT2D eigenvalue weighted by molar-refractivity contribution is 5.98. The second-order valence-corrected chi connectivity index (χ2v) is 6.67. The van der Waals surface area contributed by atoms with Gasteiger partial charge >= 0.3 is 12.1 Å². The summed E-state index contributed by atoms with van der Waals surface area (Å²) < 4.78 is 39.4. The molecule has 30 heavy (non-hydrogen) atoms. The number of carboxylic acid groups (broad SMARTS) is 1. The Morgan fingerprint density at radius 3 is 2.00 bits per heavy atom. The molecule has 0 fully saturated rings. The van der Waals surface area contributed by atoms with Gasteiger partial charge < -0.3 is 10.4 Å². The number of hydrogen-bond donors (Lipinski definition) is 2. The van der Waals surface area contributed by atoms with Crippen molar-refractivity contribution in [1.29, 1.82) is 0 Å². The minimum Gasteiger partial charge on any atom is -0.480 e. The van der Waals surface area contributed by atoms with Gasteiger partial charge in [-0.1, -0.05) is 66.7 Å². The predicted molar refractivity (Wildman–Crippen MR) is 106 cm³/mol. The molecular weight excluding hydrogens is 395 g/mol. The van der Waals surface area contributed by atoms with Crippen molar-refractivity contribution < 1.29 is 27.9 Å². The van der Waals surface area contributed by atoms with E-state index in [1.807, 2.05) is 42.5 Å². The molecule has 0 spiro atoms. The monoisotopic (exact) mass is 413 g/mol. The number of rotatable bonds is 6. The molecule has 2 N–H and O–H groups in total. The van der Waals surface area contributed by atoms with E-state index in [0.29, 0.717) is 5.56 Å². The SMILES string of the molecule is O=C(N[C@@H](Cc1ccc(-c2ccccc2)cc1)C(=O)O)c1ccccc1C(F)(F)F. The topological polar surface area (TPSA) is 66.4 Å². The fourth-order valence-corrected chi connectivity index (χ4v) is 3.06. The highest BCUT2D eigenvalue weighted by Gasteiger charge is 2.35.